The molecule has 0 heterocycles. The minimum atomic E-state index is 0.622. The lowest BCUT2D eigenvalue weighted by Crippen LogP contribution is -1.96. The number of nitrogens with two attached hydrogens (primary N) is 1. The van der Waals surface area contributed by atoms with Crippen molar-refractivity contribution in [3.05, 3.63) is 35.4 Å². The lowest BCUT2D eigenvalue weighted by atomic mass is 10.1. The largest absolute Gasteiger partial charge is 0.384 e. The third-order valence-corrected chi connectivity index (χ3v) is 2.95. The number of rotatable bonds is 6. The van der Waals surface area contributed by atoms with Gasteiger partial charge in [0.1, 0.15) is 0 Å². The van der Waals surface area contributed by atoms with E-state index in [1.807, 2.05) is 11.8 Å². The molecule has 0 unspecified atom stereocenters. The van der Waals surface area contributed by atoms with Crippen molar-refractivity contribution in [3.63, 3.8) is 0 Å². The first-order valence-corrected chi connectivity index (χ1v) is 5.87. The summed E-state index contributed by atoms with van der Waals surface area (Å²) in [5.41, 5.74) is 8.06. The zero-order valence-electron chi connectivity index (χ0n) is 8.53. The van der Waals surface area contributed by atoms with Crippen LogP contribution in [0.1, 0.15) is 11.1 Å². The van der Waals surface area contributed by atoms with Crippen molar-refractivity contribution < 1.29 is 4.74 Å². The standard InChI is InChI=1S/C11H17NOS/c1-13-6-7-14-9-11-4-2-10(8-12)3-5-11/h2-5H,6-9,12H2,1H3. The lowest BCUT2D eigenvalue weighted by Gasteiger charge is -2.02. The zero-order chi connectivity index (χ0) is 10.2. The van der Waals surface area contributed by atoms with E-state index in [1.165, 1.54) is 11.1 Å². The Morgan fingerprint density at radius 2 is 1.86 bits per heavy atom. The highest BCUT2D eigenvalue weighted by Gasteiger charge is 1.94. The Morgan fingerprint density at radius 1 is 1.21 bits per heavy atom. The zero-order valence-corrected chi connectivity index (χ0v) is 9.35. The van der Waals surface area contributed by atoms with Crippen molar-refractivity contribution in [3.8, 4) is 0 Å². The fraction of sp³-hybridized carbons (Fsp3) is 0.455. The molecule has 0 aliphatic rings. The van der Waals surface area contributed by atoms with Gasteiger partial charge in [-0.15, -0.1) is 0 Å². The van der Waals surface area contributed by atoms with Crippen LogP contribution in [0, 0.1) is 0 Å². The van der Waals surface area contributed by atoms with Crippen LogP contribution in [-0.4, -0.2) is 19.5 Å². The molecule has 14 heavy (non-hydrogen) atoms. The van der Waals surface area contributed by atoms with Crippen molar-refractivity contribution in [2.24, 2.45) is 5.73 Å². The SMILES string of the molecule is COCCSCc1ccc(CN)cc1. The first-order valence-electron chi connectivity index (χ1n) is 4.71. The smallest absolute Gasteiger partial charge is 0.0553 e. The highest BCUT2D eigenvalue weighted by Crippen LogP contribution is 2.12. The molecule has 1 aromatic rings. The van der Waals surface area contributed by atoms with Gasteiger partial charge in [-0.05, 0) is 11.1 Å². The molecule has 0 atom stereocenters. The van der Waals surface area contributed by atoms with Crippen LogP contribution in [0.3, 0.4) is 0 Å². The minimum Gasteiger partial charge on any atom is -0.384 e. The van der Waals surface area contributed by atoms with Gasteiger partial charge in [-0.2, -0.15) is 11.8 Å². The molecule has 1 aromatic carbocycles. The lowest BCUT2D eigenvalue weighted by molar-refractivity contribution is 0.218. The molecular weight excluding hydrogens is 194 g/mol. The predicted molar refractivity (Wildman–Crippen MR) is 62.4 cm³/mol. The van der Waals surface area contributed by atoms with Gasteiger partial charge in [-0.3, -0.25) is 0 Å². The number of ether oxygens (including phenoxy) is 1. The molecule has 0 amide bonds. The fourth-order valence-corrected chi connectivity index (χ4v) is 1.96. The van der Waals surface area contributed by atoms with Crippen LogP contribution in [0.5, 0.6) is 0 Å². The molecule has 0 bridgehead atoms. The number of methoxy groups -OCH3 is 1. The first kappa shape index (κ1) is 11.6. The highest BCUT2D eigenvalue weighted by atomic mass is 32.2. The molecule has 0 aliphatic heterocycles. The van der Waals surface area contributed by atoms with E-state index in [0.717, 1.165) is 18.1 Å². The maximum absolute atomic E-state index is 5.52. The summed E-state index contributed by atoms with van der Waals surface area (Å²) in [6, 6.07) is 8.46. The van der Waals surface area contributed by atoms with E-state index < -0.39 is 0 Å². The summed E-state index contributed by atoms with van der Waals surface area (Å²) in [4.78, 5) is 0. The van der Waals surface area contributed by atoms with Crippen LogP contribution in [0.25, 0.3) is 0 Å². The molecule has 3 heteroatoms. The maximum atomic E-state index is 5.52. The van der Waals surface area contributed by atoms with E-state index in [0.29, 0.717) is 6.54 Å². The molecule has 0 saturated carbocycles. The van der Waals surface area contributed by atoms with E-state index in [-0.39, 0.29) is 0 Å². The van der Waals surface area contributed by atoms with Gasteiger partial charge >= 0.3 is 0 Å². The molecule has 78 valence electrons. The maximum Gasteiger partial charge on any atom is 0.0553 e. The Kier molecular flexibility index (Phi) is 5.68. The molecule has 0 saturated heterocycles. The summed E-state index contributed by atoms with van der Waals surface area (Å²) < 4.78 is 4.98. The summed E-state index contributed by atoms with van der Waals surface area (Å²) in [5, 5.41) is 0. The van der Waals surface area contributed by atoms with Crippen LogP contribution in [0.2, 0.25) is 0 Å². The Balaban J connectivity index is 2.29. The third kappa shape index (κ3) is 4.13. The monoisotopic (exact) mass is 211 g/mol. The molecule has 0 spiro atoms. The molecule has 0 aromatic heterocycles. The minimum absolute atomic E-state index is 0.622. The predicted octanol–water partition coefficient (Wildman–Crippen LogP) is 2.02. The molecular formula is C11H17NOS. The second-order valence-corrected chi connectivity index (χ2v) is 4.17. The van der Waals surface area contributed by atoms with Gasteiger partial charge in [-0.25, -0.2) is 0 Å². The van der Waals surface area contributed by atoms with E-state index in [1.54, 1.807) is 7.11 Å². The van der Waals surface area contributed by atoms with Gasteiger partial charge in [0.15, 0.2) is 0 Å². The van der Waals surface area contributed by atoms with Gasteiger partial charge in [-0.1, -0.05) is 24.3 Å². The molecule has 0 fully saturated rings. The number of hydrogen-bond acceptors (Lipinski definition) is 3. The number of hydrogen-bond donors (Lipinski definition) is 1. The fourth-order valence-electron chi connectivity index (χ4n) is 1.10. The van der Waals surface area contributed by atoms with Crippen LogP contribution < -0.4 is 5.73 Å². The van der Waals surface area contributed by atoms with Gasteiger partial charge in [0, 0.05) is 25.2 Å². The normalized spacial score (nSPS) is 10.4. The quantitative estimate of drug-likeness (QED) is 0.731. The van der Waals surface area contributed by atoms with Gasteiger partial charge in [0.05, 0.1) is 6.61 Å². The second kappa shape index (κ2) is 6.87. The molecule has 0 radical (unpaired) electrons. The van der Waals surface area contributed by atoms with Crippen LogP contribution in [0.4, 0.5) is 0 Å². The Morgan fingerprint density at radius 3 is 2.43 bits per heavy atom. The van der Waals surface area contributed by atoms with E-state index in [9.17, 15) is 0 Å². The third-order valence-electron chi connectivity index (χ3n) is 1.96. The topological polar surface area (TPSA) is 35.2 Å². The van der Waals surface area contributed by atoms with Gasteiger partial charge in [0.2, 0.25) is 0 Å². The van der Waals surface area contributed by atoms with Crippen molar-refractivity contribution in [1.82, 2.24) is 0 Å². The summed E-state index contributed by atoms with van der Waals surface area (Å²) in [6.07, 6.45) is 0. The molecule has 1 rings (SSSR count). The summed E-state index contributed by atoms with van der Waals surface area (Å²) in [5.74, 6) is 2.10. The van der Waals surface area contributed by atoms with Crippen molar-refractivity contribution in [2.45, 2.75) is 12.3 Å². The van der Waals surface area contributed by atoms with Crippen molar-refractivity contribution in [2.75, 3.05) is 19.5 Å². The average molecular weight is 211 g/mol. The van der Waals surface area contributed by atoms with Crippen molar-refractivity contribution >= 4 is 11.8 Å². The first-order chi connectivity index (χ1) is 6.86. The number of benzene rings is 1. The van der Waals surface area contributed by atoms with Crippen LogP contribution in [-0.2, 0) is 17.0 Å². The Bertz CT molecular complexity index is 248. The Hall–Kier alpha value is -0.510. The summed E-state index contributed by atoms with van der Waals surface area (Å²) in [7, 11) is 1.73. The Labute approximate surface area is 89.8 Å². The van der Waals surface area contributed by atoms with E-state index >= 15 is 0 Å². The molecule has 2 N–H and O–H groups in total. The van der Waals surface area contributed by atoms with Gasteiger partial charge < -0.3 is 10.5 Å². The average Bonchev–Trinajstić information content (AvgIpc) is 2.25. The van der Waals surface area contributed by atoms with Crippen molar-refractivity contribution in [1.29, 1.82) is 0 Å². The molecule has 0 aliphatic carbocycles. The van der Waals surface area contributed by atoms with E-state index in [4.69, 9.17) is 10.5 Å². The van der Waals surface area contributed by atoms with Crippen LogP contribution >= 0.6 is 11.8 Å². The van der Waals surface area contributed by atoms with Gasteiger partial charge in [0.25, 0.3) is 0 Å². The number of thioether (sulfide) groups is 1. The van der Waals surface area contributed by atoms with Crippen LogP contribution in [0.15, 0.2) is 24.3 Å². The highest BCUT2D eigenvalue weighted by molar-refractivity contribution is 7.98. The molecule has 2 nitrogen and oxygen atoms in total. The summed E-state index contributed by atoms with van der Waals surface area (Å²) in [6.45, 7) is 1.45. The summed E-state index contributed by atoms with van der Waals surface area (Å²) >= 11 is 1.89. The van der Waals surface area contributed by atoms with E-state index in [2.05, 4.69) is 24.3 Å². The second-order valence-electron chi connectivity index (χ2n) is 3.07.